The van der Waals surface area contributed by atoms with Crippen molar-refractivity contribution in [3.8, 4) is 0 Å². The number of hydrogen-bond acceptors (Lipinski definition) is 3. The zero-order chi connectivity index (χ0) is 24.1. The van der Waals surface area contributed by atoms with Crippen molar-refractivity contribution in [1.29, 1.82) is 0 Å². The first kappa shape index (κ1) is 22.6. The first-order chi connectivity index (χ1) is 16.2. The zero-order valence-corrected chi connectivity index (χ0v) is 20.0. The van der Waals surface area contributed by atoms with E-state index in [0.717, 1.165) is 27.7 Å². The van der Waals surface area contributed by atoms with Crippen LogP contribution in [0, 0.1) is 5.82 Å². The number of imidazole rings is 1. The third-order valence-electron chi connectivity index (χ3n) is 6.32. The fourth-order valence-electron chi connectivity index (χ4n) is 4.47. The van der Waals surface area contributed by atoms with Gasteiger partial charge in [-0.15, -0.1) is 0 Å². The van der Waals surface area contributed by atoms with Gasteiger partial charge in [-0.2, -0.15) is 0 Å². The third kappa shape index (κ3) is 3.87. The van der Waals surface area contributed by atoms with E-state index < -0.39 is 11.9 Å². The number of Topliss-reactive ketones (excluding diaryl/α,β-unsaturated/α-hetero) is 1. The number of carbonyl (C=O) groups excluding carboxylic acids is 1. The standard InChI is InChI=1S/C26H20Cl2FN3O2/c1-31-22-8-5-16(10-23(22)32(2)26(31)34)25-19-12-17(27)6-3-14(19)11-24(33)21(30-25)9-15-4-7-18(28)13-20(15)29/h3-8,10,12-13,21H,9,11H2,1-2H3/t21-/m1/s1. The molecule has 0 saturated heterocycles. The Bertz CT molecular complexity index is 1570. The summed E-state index contributed by atoms with van der Waals surface area (Å²) in [6, 6.07) is 14.6. The van der Waals surface area contributed by atoms with E-state index in [1.54, 1.807) is 47.5 Å². The van der Waals surface area contributed by atoms with Crippen LogP contribution in [0.2, 0.25) is 10.0 Å². The molecule has 0 unspecified atom stereocenters. The van der Waals surface area contributed by atoms with Gasteiger partial charge in [0.1, 0.15) is 11.9 Å². The Morgan fingerprint density at radius 2 is 1.65 bits per heavy atom. The molecule has 1 aliphatic heterocycles. The van der Waals surface area contributed by atoms with E-state index in [2.05, 4.69) is 0 Å². The third-order valence-corrected chi connectivity index (χ3v) is 6.79. The van der Waals surface area contributed by atoms with Crippen molar-refractivity contribution in [1.82, 2.24) is 9.13 Å². The summed E-state index contributed by atoms with van der Waals surface area (Å²) in [7, 11) is 3.43. The zero-order valence-electron chi connectivity index (χ0n) is 18.5. The van der Waals surface area contributed by atoms with Crippen molar-refractivity contribution in [2.75, 3.05) is 0 Å². The Kier molecular flexibility index (Phi) is 5.66. The second-order valence-electron chi connectivity index (χ2n) is 8.48. The normalized spacial score (nSPS) is 15.9. The molecule has 5 rings (SSSR count). The number of aryl methyl sites for hydroxylation is 2. The van der Waals surface area contributed by atoms with Gasteiger partial charge in [-0.3, -0.25) is 18.9 Å². The minimum atomic E-state index is -0.785. The van der Waals surface area contributed by atoms with E-state index in [-0.39, 0.29) is 24.3 Å². The number of benzene rings is 3. The van der Waals surface area contributed by atoms with Crippen LogP contribution in [-0.2, 0) is 31.7 Å². The number of rotatable bonds is 3. The van der Waals surface area contributed by atoms with Gasteiger partial charge in [0.2, 0.25) is 0 Å². The van der Waals surface area contributed by atoms with Crippen molar-refractivity contribution in [3.63, 3.8) is 0 Å². The van der Waals surface area contributed by atoms with E-state index in [1.165, 1.54) is 6.07 Å². The van der Waals surface area contributed by atoms with Gasteiger partial charge in [0, 0.05) is 48.1 Å². The summed E-state index contributed by atoms with van der Waals surface area (Å²) in [4.78, 5) is 30.5. The van der Waals surface area contributed by atoms with Crippen LogP contribution in [0.1, 0.15) is 22.3 Å². The quantitative estimate of drug-likeness (QED) is 0.406. The van der Waals surface area contributed by atoms with E-state index in [0.29, 0.717) is 21.3 Å². The lowest BCUT2D eigenvalue weighted by Crippen LogP contribution is -2.23. The Hall–Kier alpha value is -3.22. The first-order valence-electron chi connectivity index (χ1n) is 10.7. The van der Waals surface area contributed by atoms with Crippen LogP contribution < -0.4 is 5.69 Å². The molecule has 34 heavy (non-hydrogen) atoms. The lowest BCUT2D eigenvalue weighted by atomic mass is 9.95. The van der Waals surface area contributed by atoms with Gasteiger partial charge < -0.3 is 0 Å². The summed E-state index contributed by atoms with van der Waals surface area (Å²) in [5.41, 5.74) is 4.64. The number of carbonyl (C=O) groups is 1. The summed E-state index contributed by atoms with van der Waals surface area (Å²) >= 11 is 12.2. The van der Waals surface area contributed by atoms with Crippen molar-refractivity contribution in [2.45, 2.75) is 18.9 Å². The van der Waals surface area contributed by atoms with Gasteiger partial charge in [-0.25, -0.2) is 9.18 Å². The summed E-state index contributed by atoms with van der Waals surface area (Å²) in [6.45, 7) is 0. The van der Waals surface area contributed by atoms with Crippen LogP contribution in [0.15, 0.2) is 64.4 Å². The molecule has 4 aromatic rings. The van der Waals surface area contributed by atoms with E-state index >= 15 is 0 Å². The molecule has 1 aromatic heterocycles. The molecule has 0 amide bonds. The molecule has 0 spiro atoms. The number of nitrogens with zero attached hydrogens (tertiary/aromatic N) is 3. The van der Waals surface area contributed by atoms with Gasteiger partial charge >= 0.3 is 5.69 Å². The Labute approximate surface area is 205 Å². The van der Waals surface area contributed by atoms with E-state index in [4.69, 9.17) is 28.2 Å². The molecule has 1 atom stereocenters. The van der Waals surface area contributed by atoms with Crippen LogP contribution >= 0.6 is 23.2 Å². The molecule has 0 aliphatic carbocycles. The molecule has 0 N–H and O–H groups in total. The minimum absolute atomic E-state index is 0.110. The monoisotopic (exact) mass is 495 g/mol. The lowest BCUT2D eigenvalue weighted by molar-refractivity contribution is -0.119. The van der Waals surface area contributed by atoms with E-state index in [1.807, 2.05) is 24.3 Å². The predicted molar refractivity (Wildman–Crippen MR) is 133 cm³/mol. The number of hydrogen-bond donors (Lipinski definition) is 0. The molecule has 3 aromatic carbocycles. The average Bonchev–Trinajstić information content (AvgIpc) is 2.94. The highest BCUT2D eigenvalue weighted by atomic mass is 35.5. The maximum atomic E-state index is 14.5. The Morgan fingerprint density at radius 1 is 0.941 bits per heavy atom. The minimum Gasteiger partial charge on any atom is -0.297 e. The topological polar surface area (TPSA) is 56.4 Å². The fourth-order valence-corrected chi connectivity index (χ4v) is 4.80. The van der Waals surface area contributed by atoms with Gasteiger partial charge in [0.05, 0.1) is 16.7 Å². The number of aromatic nitrogens is 2. The highest BCUT2D eigenvalue weighted by Crippen LogP contribution is 2.28. The molecule has 0 saturated carbocycles. The predicted octanol–water partition coefficient (Wildman–Crippen LogP) is 4.90. The van der Waals surface area contributed by atoms with Gasteiger partial charge in [-0.05, 0) is 47.5 Å². The highest BCUT2D eigenvalue weighted by Gasteiger charge is 2.27. The van der Waals surface area contributed by atoms with Crippen LogP contribution in [0.5, 0.6) is 0 Å². The van der Waals surface area contributed by atoms with Crippen LogP contribution in [0.25, 0.3) is 11.0 Å². The first-order valence-corrected chi connectivity index (χ1v) is 11.5. The molecule has 0 radical (unpaired) electrons. The Morgan fingerprint density at radius 3 is 2.41 bits per heavy atom. The molecule has 8 heteroatoms. The molecular formula is C26H20Cl2FN3O2. The number of fused-ring (bicyclic) bond motifs is 2. The SMILES string of the molecule is Cn1c(=O)n(C)c2cc(C3=N[C@H](Cc4ccc(Cl)cc4F)C(=O)Cc4ccc(Cl)cc43)ccc21. The van der Waals surface area contributed by atoms with E-state index in [9.17, 15) is 14.0 Å². The van der Waals surface area contributed by atoms with Gasteiger partial charge in [0.25, 0.3) is 0 Å². The molecule has 0 fully saturated rings. The maximum absolute atomic E-state index is 14.5. The summed E-state index contributed by atoms with van der Waals surface area (Å²) in [5.74, 6) is -0.580. The lowest BCUT2D eigenvalue weighted by Gasteiger charge is -2.13. The fraction of sp³-hybridized carbons (Fsp3) is 0.192. The largest absolute Gasteiger partial charge is 0.328 e. The molecule has 2 heterocycles. The second kappa shape index (κ2) is 8.53. The van der Waals surface area contributed by atoms with Crippen molar-refractivity contribution in [2.24, 2.45) is 19.1 Å². The summed E-state index contributed by atoms with van der Waals surface area (Å²) in [6.07, 6.45) is 0.268. The van der Waals surface area contributed by atoms with Crippen molar-refractivity contribution < 1.29 is 9.18 Å². The molecule has 172 valence electrons. The molecule has 0 bridgehead atoms. The Balaban J connectivity index is 1.69. The number of ketones is 1. The average molecular weight is 496 g/mol. The molecule has 5 nitrogen and oxygen atoms in total. The van der Waals surface area contributed by atoms with Gasteiger partial charge in [0.15, 0.2) is 5.78 Å². The highest BCUT2D eigenvalue weighted by molar-refractivity contribution is 6.31. The second-order valence-corrected chi connectivity index (χ2v) is 9.35. The van der Waals surface area contributed by atoms with Crippen molar-refractivity contribution in [3.05, 3.63) is 103 Å². The van der Waals surface area contributed by atoms with Crippen molar-refractivity contribution >= 4 is 45.7 Å². The van der Waals surface area contributed by atoms with Gasteiger partial charge in [-0.1, -0.05) is 41.4 Å². The maximum Gasteiger partial charge on any atom is 0.328 e. The number of aliphatic imine (C=N–C) groups is 1. The number of halogens is 3. The summed E-state index contributed by atoms with van der Waals surface area (Å²) < 4.78 is 17.7. The van der Waals surface area contributed by atoms with Crippen LogP contribution in [0.3, 0.4) is 0 Å². The molecular weight excluding hydrogens is 476 g/mol. The smallest absolute Gasteiger partial charge is 0.297 e. The van der Waals surface area contributed by atoms with Crippen LogP contribution in [0.4, 0.5) is 4.39 Å². The molecule has 1 aliphatic rings. The summed E-state index contributed by atoms with van der Waals surface area (Å²) in [5, 5.41) is 0.815. The van der Waals surface area contributed by atoms with Crippen LogP contribution in [-0.4, -0.2) is 26.7 Å².